The van der Waals surface area contributed by atoms with E-state index in [1.165, 1.54) is 11.1 Å². The summed E-state index contributed by atoms with van der Waals surface area (Å²) in [6, 6.07) is 13.8. The third-order valence-corrected chi connectivity index (χ3v) is 3.57. The minimum atomic E-state index is 0.0699. The molecule has 0 amide bonds. The molecule has 0 fully saturated rings. The van der Waals surface area contributed by atoms with Crippen LogP contribution < -0.4 is 10.5 Å². The largest absolute Gasteiger partial charge is 0.489 e. The molecule has 0 aromatic heterocycles. The van der Waals surface area contributed by atoms with E-state index in [0.717, 1.165) is 16.9 Å². The Hall–Kier alpha value is -2.29. The van der Waals surface area contributed by atoms with Crippen LogP contribution in [0.5, 0.6) is 5.75 Å². The lowest BCUT2D eigenvalue weighted by Gasteiger charge is -2.13. The Morgan fingerprint density at radius 3 is 2.52 bits per heavy atom. The van der Waals surface area contributed by atoms with Gasteiger partial charge in [0.25, 0.3) is 0 Å². The highest BCUT2D eigenvalue weighted by Crippen LogP contribution is 2.24. The Kier molecular flexibility index (Phi) is 4.63. The lowest BCUT2D eigenvalue weighted by molar-refractivity contribution is 0.305. The molecular weight excluding hydrogens is 260 g/mol. The molecule has 2 rings (SSSR count). The van der Waals surface area contributed by atoms with Crippen LogP contribution in [0.4, 0.5) is 0 Å². The van der Waals surface area contributed by atoms with Crippen LogP contribution in [0.1, 0.15) is 42.0 Å². The molecular formula is C18H22N2O. The summed E-state index contributed by atoms with van der Waals surface area (Å²) in [4.78, 5) is 0. The number of aryl methyl sites for hydroxylation is 1. The molecule has 0 radical (unpaired) electrons. The molecule has 21 heavy (non-hydrogen) atoms. The van der Waals surface area contributed by atoms with Gasteiger partial charge in [0.1, 0.15) is 18.2 Å². The number of nitrogen functional groups attached to an aromatic ring is 1. The van der Waals surface area contributed by atoms with E-state index < -0.39 is 0 Å². The van der Waals surface area contributed by atoms with Crippen LogP contribution in [0.15, 0.2) is 42.5 Å². The number of nitrogens with one attached hydrogen (secondary N) is 1. The minimum Gasteiger partial charge on any atom is -0.489 e. The maximum atomic E-state index is 7.59. The van der Waals surface area contributed by atoms with Crippen molar-refractivity contribution in [1.82, 2.24) is 0 Å². The normalized spacial score (nSPS) is 10.7. The Labute approximate surface area is 126 Å². The molecule has 0 heterocycles. The number of nitrogens with two attached hydrogens (primary N) is 1. The summed E-state index contributed by atoms with van der Waals surface area (Å²) in [7, 11) is 0. The van der Waals surface area contributed by atoms with E-state index in [1.807, 2.05) is 30.3 Å². The molecule has 3 N–H and O–H groups in total. The fraction of sp³-hybridized carbons (Fsp3) is 0.278. The van der Waals surface area contributed by atoms with Gasteiger partial charge in [-0.15, -0.1) is 0 Å². The molecule has 0 unspecified atom stereocenters. The van der Waals surface area contributed by atoms with Crippen molar-refractivity contribution in [3.63, 3.8) is 0 Å². The van der Waals surface area contributed by atoms with Crippen LogP contribution in [-0.4, -0.2) is 5.84 Å². The van der Waals surface area contributed by atoms with Crippen LogP contribution >= 0.6 is 0 Å². The summed E-state index contributed by atoms with van der Waals surface area (Å²) in [5, 5.41) is 7.59. The van der Waals surface area contributed by atoms with Crippen LogP contribution in [0.25, 0.3) is 0 Å². The van der Waals surface area contributed by atoms with Gasteiger partial charge in [-0.05, 0) is 36.1 Å². The molecule has 0 saturated carbocycles. The van der Waals surface area contributed by atoms with E-state index >= 15 is 0 Å². The number of hydrogen-bond acceptors (Lipinski definition) is 2. The van der Waals surface area contributed by atoms with Gasteiger partial charge in [-0.1, -0.05) is 44.2 Å². The molecule has 0 spiro atoms. The Morgan fingerprint density at radius 2 is 1.90 bits per heavy atom. The van der Waals surface area contributed by atoms with Crippen LogP contribution in [0.3, 0.4) is 0 Å². The lowest BCUT2D eigenvalue weighted by Crippen LogP contribution is -2.14. The van der Waals surface area contributed by atoms with E-state index in [-0.39, 0.29) is 5.84 Å². The molecule has 0 saturated heterocycles. The molecule has 0 bridgehead atoms. The molecule has 2 aromatic carbocycles. The van der Waals surface area contributed by atoms with Gasteiger partial charge in [0.05, 0.1) is 0 Å². The fourth-order valence-corrected chi connectivity index (χ4v) is 2.46. The van der Waals surface area contributed by atoms with Gasteiger partial charge in [-0.2, -0.15) is 0 Å². The van der Waals surface area contributed by atoms with Gasteiger partial charge in [-0.3, -0.25) is 5.41 Å². The standard InChI is InChI=1S/C18H22N2O/c1-12(2)16-9-8-15(10-13(16)3)21-11-14-6-4-5-7-17(14)18(19)20/h4-10,12H,11H2,1-3H3,(H3,19,20). The molecule has 0 aliphatic carbocycles. The predicted molar refractivity (Wildman–Crippen MR) is 87.1 cm³/mol. The summed E-state index contributed by atoms with van der Waals surface area (Å²) in [5.74, 6) is 1.42. The molecule has 3 heteroatoms. The number of ether oxygens (including phenoxy) is 1. The van der Waals surface area contributed by atoms with E-state index in [9.17, 15) is 0 Å². The van der Waals surface area contributed by atoms with Gasteiger partial charge in [0.2, 0.25) is 0 Å². The van der Waals surface area contributed by atoms with Gasteiger partial charge >= 0.3 is 0 Å². The summed E-state index contributed by atoms with van der Waals surface area (Å²) >= 11 is 0. The van der Waals surface area contributed by atoms with E-state index in [2.05, 4.69) is 32.9 Å². The first-order valence-corrected chi connectivity index (χ1v) is 7.14. The molecule has 110 valence electrons. The Morgan fingerprint density at radius 1 is 1.19 bits per heavy atom. The maximum absolute atomic E-state index is 7.59. The third kappa shape index (κ3) is 3.63. The smallest absolute Gasteiger partial charge is 0.123 e. The zero-order valence-corrected chi connectivity index (χ0v) is 12.8. The van der Waals surface area contributed by atoms with Crippen LogP contribution in [0, 0.1) is 12.3 Å². The van der Waals surface area contributed by atoms with Crippen molar-refractivity contribution in [3.05, 3.63) is 64.7 Å². The number of amidine groups is 1. The first-order chi connectivity index (χ1) is 9.99. The minimum absolute atomic E-state index is 0.0699. The van der Waals surface area contributed by atoms with Crippen LogP contribution in [-0.2, 0) is 6.61 Å². The Balaban J connectivity index is 2.14. The highest BCUT2D eigenvalue weighted by Gasteiger charge is 2.07. The second-order valence-electron chi connectivity index (χ2n) is 5.53. The zero-order valence-electron chi connectivity index (χ0n) is 12.8. The van der Waals surface area contributed by atoms with Gasteiger partial charge < -0.3 is 10.5 Å². The van der Waals surface area contributed by atoms with Crippen molar-refractivity contribution < 1.29 is 4.74 Å². The van der Waals surface area contributed by atoms with Gasteiger partial charge in [0, 0.05) is 11.1 Å². The Bertz CT molecular complexity index is 647. The monoisotopic (exact) mass is 282 g/mol. The topological polar surface area (TPSA) is 59.1 Å². The maximum Gasteiger partial charge on any atom is 0.123 e. The van der Waals surface area contributed by atoms with Crippen molar-refractivity contribution >= 4 is 5.84 Å². The van der Waals surface area contributed by atoms with Gasteiger partial charge in [0.15, 0.2) is 0 Å². The molecule has 0 atom stereocenters. The lowest BCUT2D eigenvalue weighted by atomic mass is 9.98. The van der Waals surface area contributed by atoms with E-state index in [0.29, 0.717) is 12.5 Å². The van der Waals surface area contributed by atoms with Gasteiger partial charge in [-0.25, -0.2) is 0 Å². The molecule has 2 aromatic rings. The van der Waals surface area contributed by atoms with Crippen molar-refractivity contribution in [2.75, 3.05) is 0 Å². The predicted octanol–water partition coefficient (Wildman–Crippen LogP) is 3.98. The third-order valence-electron chi connectivity index (χ3n) is 3.57. The van der Waals surface area contributed by atoms with Crippen molar-refractivity contribution in [2.45, 2.75) is 33.3 Å². The SMILES string of the molecule is Cc1cc(OCc2ccccc2C(=N)N)ccc1C(C)C. The van der Waals surface area contributed by atoms with Crippen molar-refractivity contribution in [1.29, 1.82) is 5.41 Å². The average Bonchev–Trinajstić information content (AvgIpc) is 2.45. The van der Waals surface area contributed by atoms with E-state index in [1.54, 1.807) is 0 Å². The second kappa shape index (κ2) is 6.44. The average molecular weight is 282 g/mol. The zero-order chi connectivity index (χ0) is 15.4. The second-order valence-corrected chi connectivity index (χ2v) is 5.53. The number of hydrogen-bond donors (Lipinski definition) is 2. The number of rotatable bonds is 5. The van der Waals surface area contributed by atoms with Crippen LogP contribution in [0.2, 0.25) is 0 Å². The summed E-state index contributed by atoms with van der Waals surface area (Å²) in [5.41, 5.74) is 9.82. The first kappa shape index (κ1) is 15.1. The van der Waals surface area contributed by atoms with Crippen molar-refractivity contribution in [2.24, 2.45) is 5.73 Å². The van der Waals surface area contributed by atoms with Crippen molar-refractivity contribution in [3.8, 4) is 5.75 Å². The molecule has 0 aliphatic rings. The fourth-order valence-electron chi connectivity index (χ4n) is 2.46. The highest BCUT2D eigenvalue weighted by molar-refractivity contribution is 5.96. The number of benzene rings is 2. The summed E-state index contributed by atoms with van der Waals surface area (Å²) in [6.07, 6.45) is 0. The van der Waals surface area contributed by atoms with E-state index in [4.69, 9.17) is 15.9 Å². The molecule has 0 aliphatic heterocycles. The first-order valence-electron chi connectivity index (χ1n) is 7.14. The summed E-state index contributed by atoms with van der Waals surface area (Å²) < 4.78 is 5.85. The quantitative estimate of drug-likeness (QED) is 0.643. The highest BCUT2D eigenvalue weighted by atomic mass is 16.5. The summed E-state index contributed by atoms with van der Waals surface area (Å²) in [6.45, 7) is 6.89. The molecule has 3 nitrogen and oxygen atoms in total.